The van der Waals surface area contributed by atoms with Crippen molar-refractivity contribution in [2.24, 2.45) is 0 Å². The molecule has 0 spiro atoms. The van der Waals surface area contributed by atoms with E-state index in [1.54, 1.807) is 0 Å². The summed E-state index contributed by atoms with van der Waals surface area (Å²) in [5, 5.41) is 9.72. The normalized spacial score (nSPS) is 11.4. The van der Waals surface area contributed by atoms with E-state index in [4.69, 9.17) is 40.5 Å². The lowest BCUT2D eigenvalue weighted by Crippen LogP contribution is -2.14. The Hall–Kier alpha value is -1.34. The number of rotatable bonds is 3. The number of hydrogen-bond acceptors (Lipinski definition) is 4. The predicted molar refractivity (Wildman–Crippen MR) is 84.8 cm³/mol. The SMILES string of the molecule is Nc1cc(S(=O)(=O)Nc2c(Cl)cc(Cl)cc2Cl)ccc1O. The smallest absolute Gasteiger partial charge is 0.262 e. The minimum absolute atomic E-state index is 0.00868. The van der Waals surface area contributed by atoms with Crippen molar-refractivity contribution < 1.29 is 13.5 Å². The van der Waals surface area contributed by atoms with Gasteiger partial charge in [-0.15, -0.1) is 0 Å². The maximum Gasteiger partial charge on any atom is 0.262 e. The van der Waals surface area contributed by atoms with Crippen LogP contribution in [0.15, 0.2) is 35.2 Å². The molecule has 0 aromatic heterocycles. The summed E-state index contributed by atoms with van der Waals surface area (Å²) in [6.45, 7) is 0. The molecule has 4 N–H and O–H groups in total. The molecule has 0 bridgehead atoms. The topological polar surface area (TPSA) is 92.4 Å². The largest absolute Gasteiger partial charge is 0.506 e. The van der Waals surface area contributed by atoms with Gasteiger partial charge >= 0.3 is 0 Å². The molecule has 0 saturated heterocycles. The second kappa shape index (κ2) is 5.81. The number of aromatic hydroxyl groups is 1. The lowest BCUT2D eigenvalue weighted by Gasteiger charge is -2.12. The average molecular weight is 368 g/mol. The van der Waals surface area contributed by atoms with Crippen LogP contribution in [0.2, 0.25) is 15.1 Å². The molecule has 2 aromatic carbocycles. The molecule has 2 rings (SSSR count). The van der Waals surface area contributed by atoms with E-state index < -0.39 is 10.0 Å². The van der Waals surface area contributed by atoms with Gasteiger partial charge in [-0.25, -0.2) is 8.42 Å². The Morgan fingerprint density at radius 1 is 1.05 bits per heavy atom. The Balaban J connectivity index is 2.44. The molecule has 0 saturated carbocycles. The van der Waals surface area contributed by atoms with E-state index in [-0.39, 0.29) is 37.1 Å². The van der Waals surface area contributed by atoms with Crippen LogP contribution in [0.3, 0.4) is 0 Å². The Morgan fingerprint density at radius 3 is 2.14 bits per heavy atom. The minimum Gasteiger partial charge on any atom is -0.506 e. The number of phenolic OH excluding ortho intramolecular Hbond substituents is 1. The number of halogens is 3. The molecule has 112 valence electrons. The molecule has 5 nitrogen and oxygen atoms in total. The summed E-state index contributed by atoms with van der Waals surface area (Å²) in [4.78, 5) is -0.139. The molecule has 0 aliphatic heterocycles. The van der Waals surface area contributed by atoms with Gasteiger partial charge in [-0.2, -0.15) is 0 Å². The molecule has 21 heavy (non-hydrogen) atoms. The van der Waals surface area contributed by atoms with Crippen LogP contribution in [-0.2, 0) is 10.0 Å². The molecule has 9 heteroatoms. The van der Waals surface area contributed by atoms with Gasteiger partial charge in [-0.05, 0) is 30.3 Å². The summed E-state index contributed by atoms with van der Waals surface area (Å²) in [6.07, 6.45) is 0. The third-order valence-electron chi connectivity index (χ3n) is 2.55. The summed E-state index contributed by atoms with van der Waals surface area (Å²) in [6, 6.07) is 6.21. The molecular weight excluding hydrogens is 359 g/mol. The molecule has 0 aliphatic rings. The Labute approximate surface area is 136 Å². The molecule has 0 heterocycles. The Bertz CT molecular complexity index is 786. The molecule has 0 amide bonds. The first-order valence-corrected chi connectivity index (χ1v) is 8.08. The first kappa shape index (κ1) is 16.0. The van der Waals surface area contributed by atoms with Crippen molar-refractivity contribution in [3.63, 3.8) is 0 Å². The lowest BCUT2D eigenvalue weighted by atomic mass is 10.3. The van der Waals surface area contributed by atoms with Crippen LogP contribution in [0.1, 0.15) is 0 Å². The van der Waals surface area contributed by atoms with E-state index in [1.165, 1.54) is 24.3 Å². The highest BCUT2D eigenvalue weighted by Crippen LogP contribution is 2.35. The van der Waals surface area contributed by atoms with E-state index in [2.05, 4.69) is 4.72 Å². The maximum absolute atomic E-state index is 12.3. The van der Waals surface area contributed by atoms with Crippen LogP contribution in [0.4, 0.5) is 11.4 Å². The monoisotopic (exact) mass is 366 g/mol. The Kier molecular flexibility index (Phi) is 4.43. The van der Waals surface area contributed by atoms with Crippen molar-refractivity contribution in [2.75, 3.05) is 10.5 Å². The van der Waals surface area contributed by atoms with Crippen molar-refractivity contribution in [3.8, 4) is 5.75 Å². The molecule has 2 aromatic rings. The molecule has 0 aliphatic carbocycles. The van der Waals surface area contributed by atoms with Gasteiger partial charge < -0.3 is 10.8 Å². The highest BCUT2D eigenvalue weighted by atomic mass is 35.5. The zero-order chi connectivity index (χ0) is 15.8. The summed E-state index contributed by atoms with van der Waals surface area (Å²) >= 11 is 17.6. The molecule has 0 radical (unpaired) electrons. The lowest BCUT2D eigenvalue weighted by molar-refractivity contribution is 0.477. The fraction of sp³-hybridized carbons (Fsp3) is 0. The van der Waals surface area contributed by atoms with Crippen LogP contribution in [0.5, 0.6) is 5.75 Å². The second-order valence-corrected chi connectivity index (χ2v) is 7.00. The molecule has 0 fully saturated rings. The second-order valence-electron chi connectivity index (χ2n) is 4.07. The average Bonchev–Trinajstić information content (AvgIpc) is 2.37. The zero-order valence-electron chi connectivity index (χ0n) is 10.3. The predicted octanol–water partition coefficient (Wildman–Crippen LogP) is 3.74. The summed E-state index contributed by atoms with van der Waals surface area (Å²) in [5.74, 6) is -0.212. The highest BCUT2D eigenvalue weighted by Gasteiger charge is 2.19. The van der Waals surface area contributed by atoms with Crippen molar-refractivity contribution in [1.82, 2.24) is 0 Å². The summed E-state index contributed by atoms with van der Waals surface area (Å²) < 4.78 is 26.8. The van der Waals surface area contributed by atoms with Gasteiger partial charge in [0, 0.05) is 5.02 Å². The first-order valence-electron chi connectivity index (χ1n) is 5.46. The third-order valence-corrected chi connectivity index (χ3v) is 4.71. The highest BCUT2D eigenvalue weighted by molar-refractivity contribution is 7.92. The van der Waals surface area contributed by atoms with Crippen molar-refractivity contribution in [1.29, 1.82) is 0 Å². The van der Waals surface area contributed by atoms with Crippen molar-refractivity contribution in [2.45, 2.75) is 4.90 Å². The van der Waals surface area contributed by atoms with Crippen LogP contribution >= 0.6 is 34.8 Å². The van der Waals surface area contributed by atoms with E-state index in [0.717, 1.165) is 6.07 Å². The van der Waals surface area contributed by atoms with Gasteiger partial charge in [0.05, 0.1) is 26.3 Å². The number of nitrogens with two attached hydrogens (primary N) is 1. The fourth-order valence-corrected chi connectivity index (χ4v) is 3.69. The van der Waals surface area contributed by atoms with Gasteiger partial charge in [0.15, 0.2) is 0 Å². The quantitative estimate of drug-likeness (QED) is 0.569. The van der Waals surface area contributed by atoms with Crippen LogP contribution in [0, 0.1) is 0 Å². The minimum atomic E-state index is -3.96. The number of sulfonamides is 1. The van der Waals surface area contributed by atoms with Gasteiger partial charge in [-0.3, -0.25) is 4.72 Å². The summed E-state index contributed by atoms with van der Waals surface area (Å²) in [5.41, 5.74) is 5.42. The summed E-state index contributed by atoms with van der Waals surface area (Å²) in [7, 11) is -3.96. The van der Waals surface area contributed by atoms with Crippen LogP contribution in [0.25, 0.3) is 0 Å². The number of nitrogen functional groups attached to an aromatic ring is 1. The number of hydrogen-bond donors (Lipinski definition) is 3. The van der Waals surface area contributed by atoms with Crippen LogP contribution < -0.4 is 10.5 Å². The standard InChI is InChI=1S/C12H9Cl3N2O3S/c13-6-3-8(14)12(9(15)4-6)17-21(19,20)7-1-2-11(18)10(16)5-7/h1-5,17-18H,16H2. The van der Waals surface area contributed by atoms with E-state index in [9.17, 15) is 13.5 Å². The van der Waals surface area contributed by atoms with E-state index in [0.29, 0.717) is 0 Å². The van der Waals surface area contributed by atoms with Gasteiger partial charge in [0.25, 0.3) is 10.0 Å². The zero-order valence-corrected chi connectivity index (χ0v) is 13.4. The number of anilines is 2. The molecule has 0 unspecified atom stereocenters. The van der Waals surface area contributed by atoms with E-state index in [1.807, 2.05) is 0 Å². The third kappa shape index (κ3) is 3.47. The van der Waals surface area contributed by atoms with Gasteiger partial charge in [0.2, 0.25) is 0 Å². The van der Waals surface area contributed by atoms with E-state index >= 15 is 0 Å². The molecular formula is C12H9Cl3N2O3S. The van der Waals surface area contributed by atoms with Crippen molar-refractivity contribution in [3.05, 3.63) is 45.4 Å². The fourth-order valence-electron chi connectivity index (χ4n) is 1.53. The number of phenols is 1. The maximum atomic E-state index is 12.3. The van der Waals surface area contributed by atoms with Crippen LogP contribution in [-0.4, -0.2) is 13.5 Å². The van der Waals surface area contributed by atoms with Gasteiger partial charge in [-0.1, -0.05) is 34.8 Å². The number of benzene rings is 2. The molecule has 0 atom stereocenters. The first-order chi connectivity index (χ1) is 9.70. The van der Waals surface area contributed by atoms with Gasteiger partial charge in [0.1, 0.15) is 5.75 Å². The Morgan fingerprint density at radius 2 is 1.62 bits per heavy atom. The van der Waals surface area contributed by atoms with Crippen molar-refractivity contribution >= 4 is 56.2 Å². The number of nitrogens with one attached hydrogen (secondary N) is 1.